The highest BCUT2D eigenvalue weighted by molar-refractivity contribution is 9.10. The Kier molecular flexibility index (Phi) is 12.7. The Bertz CT molecular complexity index is 1240. The molecule has 3 aromatic carbocycles. The molecule has 0 radical (unpaired) electrons. The maximum Gasteiger partial charge on any atom is 0.251 e. The fourth-order valence-electron chi connectivity index (χ4n) is 4.68. The van der Waals surface area contributed by atoms with E-state index in [1.54, 1.807) is 6.07 Å². The van der Waals surface area contributed by atoms with Gasteiger partial charge in [-0.2, -0.15) is 0 Å². The number of benzene rings is 3. The second-order valence-corrected chi connectivity index (χ2v) is 11.3. The van der Waals surface area contributed by atoms with Crippen LogP contribution in [0.5, 0.6) is 0 Å². The molecule has 0 spiro atoms. The first-order valence-electron chi connectivity index (χ1n) is 13.9. The van der Waals surface area contributed by atoms with Gasteiger partial charge in [-0.3, -0.25) is 4.79 Å². The summed E-state index contributed by atoms with van der Waals surface area (Å²) in [7, 11) is 2.05. The third-order valence-corrected chi connectivity index (χ3v) is 7.26. The van der Waals surface area contributed by atoms with Crippen molar-refractivity contribution in [1.82, 2.24) is 15.5 Å². The van der Waals surface area contributed by atoms with Gasteiger partial charge in [0.1, 0.15) is 11.6 Å². The van der Waals surface area contributed by atoms with Gasteiger partial charge in [-0.25, -0.2) is 8.78 Å². The molecule has 0 unspecified atom stereocenters. The quantitative estimate of drug-likeness (QED) is 0.196. The number of aryl methyl sites for hydroxylation is 1. The van der Waals surface area contributed by atoms with Crippen molar-refractivity contribution in [2.75, 3.05) is 20.1 Å². The largest absolute Gasteiger partial charge is 0.390 e. The first-order chi connectivity index (χ1) is 19.2. The number of aliphatic hydroxyl groups excluding tert-OH is 1. The fourth-order valence-corrected chi connectivity index (χ4v) is 5.22. The van der Waals surface area contributed by atoms with Crippen LogP contribution in [0.15, 0.2) is 65.1 Å². The van der Waals surface area contributed by atoms with E-state index in [9.17, 15) is 18.7 Å². The van der Waals surface area contributed by atoms with Gasteiger partial charge >= 0.3 is 0 Å². The number of carbonyl (C=O) groups is 1. The van der Waals surface area contributed by atoms with E-state index in [1.165, 1.54) is 17.7 Å². The smallest absolute Gasteiger partial charge is 0.251 e. The molecule has 3 rings (SSSR count). The lowest BCUT2D eigenvalue weighted by Gasteiger charge is -2.25. The second-order valence-electron chi connectivity index (χ2n) is 10.4. The highest BCUT2D eigenvalue weighted by Gasteiger charge is 2.23. The minimum atomic E-state index is -1.00. The van der Waals surface area contributed by atoms with E-state index >= 15 is 0 Å². The molecular weight excluding hydrogens is 576 g/mol. The van der Waals surface area contributed by atoms with Crippen LogP contribution in [-0.4, -0.2) is 48.2 Å². The number of nitrogens with zero attached hydrogens (tertiary/aromatic N) is 1. The lowest BCUT2D eigenvalue weighted by Crippen LogP contribution is -2.48. The standard InChI is InChI=1S/C32H40BrF2N3O2/c1-4-6-10-38(3)21-25-12-26(17-27(33)13-25)32(40)37-30(16-24-14-28(34)18-29(35)15-24)31(39)20-36-19-23-9-7-8-22(5-2)11-23/h7-9,11-15,17-18,30-31,36,39H,4-6,10,16,19-21H2,1-3H3,(H,37,40)/t30-,31+/m0/s1. The van der Waals surface area contributed by atoms with Crippen LogP contribution in [0, 0.1) is 11.6 Å². The Morgan fingerprint density at radius 3 is 2.40 bits per heavy atom. The minimum Gasteiger partial charge on any atom is -0.390 e. The third-order valence-electron chi connectivity index (χ3n) is 6.81. The summed E-state index contributed by atoms with van der Waals surface area (Å²) in [6.45, 7) is 6.62. The Balaban J connectivity index is 1.74. The molecule has 5 nitrogen and oxygen atoms in total. The summed E-state index contributed by atoms with van der Waals surface area (Å²) >= 11 is 3.51. The summed E-state index contributed by atoms with van der Waals surface area (Å²) in [5.41, 5.74) is 4.09. The zero-order valence-electron chi connectivity index (χ0n) is 23.5. The van der Waals surface area contributed by atoms with Gasteiger partial charge in [0, 0.05) is 35.7 Å². The Morgan fingerprint density at radius 1 is 0.975 bits per heavy atom. The predicted octanol–water partition coefficient (Wildman–Crippen LogP) is 6.01. The third kappa shape index (κ3) is 10.4. The van der Waals surface area contributed by atoms with Crippen molar-refractivity contribution in [3.05, 3.63) is 105 Å². The second kappa shape index (κ2) is 16.0. The average molecular weight is 617 g/mol. The number of unbranched alkanes of at least 4 members (excludes halogenated alkanes) is 1. The molecule has 40 heavy (non-hydrogen) atoms. The molecule has 0 aromatic heterocycles. The molecule has 0 aliphatic heterocycles. The van der Waals surface area contributed by atoms with Gasteiger partial charge in [0.15, 0.2) is 0 Å². The summed E-state index contributed by atoms with van der Waals surface area (Å²) in [5.74, 6) is -1.77. The van der Waals surface area contributed by atoms with Crippen molar-refractivity contribution in [1.29, 1.82) is 0 Å². The van der Waals surface area contributed by atoms with Gasteiger partial charge in [0.2, 0.25) is 0 Å². The van der Waals surface area contributed by atoms with Crippen molar-refractivity contribution in [2.24, 2.45) is 0 Å². The van der Waals surface area contributed by atoms with Crippen LogP contribution in [0.3, 0.4) is 0 Å². The first-order valence-corrected chi connectivity index (χ1v) is 14.7. The number of amides is 1. The number of hydrogen-bond donors (Lipinski definition) is 3. The molecule has 1 amide bonds. The average Bonchev–Trinajstić information content (AvgIpc) is 2.90. The lowest BCUT2D eigenvalue weighted by atomic mass is 9.99. The zero-order valence-corrected chi connectivity index (χ0v) is 25.1. The molecule has 0 aliphatic rings. The van der Waals surface area contributed by atoms with Crippen molar-refractivity contribution < 1.29 is 18.7 Å². The van der Waals surface area contributed by atoms with E-state index in [1.807, 2.05) is 31.3 Å². The van der Waals surface area contributed by atoms with E-state index in [0.29, 0.717) is 24.2 Å². The van der Waals surface area contributed by atoms with E-state index in [4.69, 9.17) is 0 Å². The van der Waals surface area contributed by atoms with E-state index < -0.39 is 23.8 Å². The normalized spacial score (nSPS) is 12.9. The van der Waals surface area contributed by atoms with Gasteiger partial charge in [0.05, 0.1) is 12.1 Å². The van der Waals surface area contributed by atoms with E-state index in [-0.39, 0.29) is 18.9 Å². The molecule has 2 atom stereocenters. The highest BCUT2D eigenvalue weighted by Crippen LogP contribution is 2.19. The zero-order chi connectivity index (χ0) is 29.1. The predicted molar refractivity (Wildman–Crippen MR) is 160 cm³/mol. The van der Waals surface area contributed by atoms with Crippen LogP contribution in [-0.2, 0) is 25.9 Å². The monoisotopic (exact) mass is 615 g/mol. The van der Waals surface area contributed by atoms with E-state index in [2.05, 4.69) is 57.4 Å². The number of carbonyl (C=O) groups excluding carboxylic acids is 1. The summed E-state index contributed by atoms with van der Waals surface area (Å²) in [4.78, 5) is 15.6. The van der Waals surface area contributed by atoms with Crippen LogP contribution >= 0.6 is 15.9 Å². The molecule has 8 heteroatoms. The first kappa shape index (κ1) is 31.9. The number of nitrogens with one attached hydrogen (secondary N) is 2. The minimum absolute atomic E-state index is 0.0647. The molecule has 0 bridgehead atoms. The molecule has 216 valence electrons. The maximum absolute atomic E-state index is 13.9. The number of rotatable bonds is 15. The lowest BCUT2D eigenvalue weighted by molar-refractivity contribution is 0.0829. The summed E-state index contributed by atoms with van der Waals surface area (Å²) in [6.07, 6.45) is 2.19. The summed E-state index contributed by atoms with van der Waals surface area (Å²) in [6, 6.07) is 16.2. The molecular formula is C32H40BrF2N3O2. The molecule has 0 saturated carbocycles. The molecule has 3 aromatic rings. The number of aliphatic hydroxyl groups is 1. The van der Waals surface area contributed by atoms with Crippen LogP contribution in [0.25, 0.3) is 0 Å². The van der Waals surface area contributed by atoms with Crippen LogP contribution in [0.2, 0.25) is 0 Å². The maximum atomic E-state index is 13.9. The Morgan fingerprint density at radius 2 is 1.70 bits per heavy atom. The molecule has 0 heterocycles. The van der Waals surface area contributed by atoms with Crippen molar-refractivity contribution in [2.45, 2.75) is 64.8 Å². The number of hydrogen-bond acceptors (Lipinski definition) is 4. The SMILES string of the molecule is CCCCN(C)Cc1cc(Br)cc(C(=O)N[C@@H](Cc2cc(F)cc(F)c2)[C@H](O)CNCc2cccc(CC)c2)c1. The fraction of sp³-hybridized carbons (Fsp3) is 0.406. The van der Waals surface area contributed by atoms with Crippen LogP contribution in [0.1, 0.15) is 59.3 Å². The number of halogens is 3. The summed E-state index contributed by atoms with van der Waals surface area (Å²) < 4.78 is 28.6. The van der Waals surface area contributed by atoms with Gasteiger partial charge in [-0.15, -0.1) is 0 Å². The van der Waals surface area contributed by atoms with Crippen LogP contribution < -0.4 is 10.6 Å². The van der Waals surface area contributed by atoms with Crippen molar-refractivity contribution in [3.63, 3.8) is 0 Å². The van der Waals surface area contributed by atoms with Crippen molar-refractivity contribution in [3.8, 4) is 0 Å². The van der Waals surface area contributed by atoms with Gasteiger partial charge < -0.3 is 20.6 Å². The van der Waals surface area contributed by atoms with Crippen molar-refractivity contribution >= 4 is 21.8 Å². The van der Waals surface area contributed by atoms with Gasteiger partial charge in [0.25, 0.3) is 5.91 Å². The van der Waals surface area contributed by atoms with E-state index in [0.717, 1.165) is 47.5 Å². The van der Waals surface area contributed by atoms with Gasteiger partial charge in [-0.05, 0) is 85.4 Å². The Labute approximate surface area is 245 Å². The molecule has 0 saturated heterocycles. The highest BCUT2D eigenvalue weighted by atomic mass is 79.9. The Hall–Kier alpha value is -2.65. The van der Waals surface area contributed by atoms with Crippen LogP contribution in [0.4, 0.5) is 8.78 Å². The summed E-state index contributed by atoms with van der Waals surface area (Å²) in [5, 5.41) is 17.3. The van der Waals surface area contributed by atoms with Gasteiger partial charge in [-0.1, -0.05) is 60.5 Å². The molecule has 3 N–H and O–H groups in total. The molecule has 0 fully saturated rings. The topological polar surface area (TPSA) is 64.6 Å². The molecule has 0 aliphatic carbocycles.